The number of rotatable bonds is 4. The van der Waals surface area contributed by atoms with Crippen molar-refractivity contribution < 1.29 is 14.6 Å². The number of hydrogen-bond donors (Lipinski definition) is 1. The minimum absolute atomic E-state index is 0.0588. The van der Waals surface area contributed by atoms with Crippen LogP contribution >= 0.6 is 15.9 Å². The normalized spacial score (nSPS) is 18.4. The third-order valence-electron chi connectivity index (χ3n) is 4.03. The molecule has 0 amide bonds. The molecule has 1 fully saturated rings. The Balaban J connectivity index is 2.08. The smallest absolute Gasteiger partial charge is 0.168 e. The van der Waals surface area contributed by atoms with E-state index >= 15 is 0 Å². The zero-order valence-corrected chi connectivity index (χ0v) is 13.4. The van der Waals surface area contributed by atoms with Gasteiger partial charge in [0.05, 0.1) is 11.6 Å². The van der Waals surface area contributed by atoms with Crippen molar-refractivity contribution in [2.45, 2.75) is 50.5 Å². The summed E-state index contributed by atoms with van der Waals surface area (Å²) in [5.41, 5.74) is -0.219. The predicted octanol–water partition coefficient (Wildman–Crippen LogP) is 3.65. The molecule has 1 saturated carbocycles. The molecular formula is C16H21BrO3. The van der Waals surface area contributed by atoms with E-state index in [1.165, 1.54) is 0 Å². The van der Waals surface area contributed by atoms with Gasteiger partial charge in [-0.25, -0.2) is 0 Å². The van der Waals surface area contributed by atoms with Crippen LogP contribution in [-0.4, -0.2) is 23.6 Å². The van der Waals surface area contributed by atoms with Gasteiger partial charge in [0.1, 0.15) is 11.4 Å². The first-order valence-corrected chi connectivity index (χ1v) is 7.92. The number of benzene rings is 1. The van der Waals surface area contributed by atoms with E-state index in [4.69, 9.17) is 4.74 Å². The summed E-state index contributed by atoms with van der Waals surface area (Å²) in [6.07, 6.45) is 5.59. The van der Waals surface area contributed by atoms with Crippen LogP contribution in [0.5, 0.6) is 5.75 Å². The summed E-state index contributed by atoms with van der Waals surface area (Å²) in [4.78, 5) is 12.4. The van der Waals surface area contributed by atoms with Crippen LogP contribution in [0.3, 0.4) is 0 Å². The van der Waals surface area contributed by atoms with Crippen molar-refractivity contribution in [1.29, 1.82) is 0 Å². The van der Waals surface area contributed by atoms with Gasteiger partial charge >= 0.3 is 0 Å². The number of carbonyl (C=O) groups excluding carboxylic acids is 1. The molecule has 4 heteroatoms. The van der Waals surface area contributed by atoms with E-state index in [0.717, 1.165) is 41.5 Å². The van der Waals surface area contributed by atoms with Gasteiger partial charge in [0.15, 0.2) is 5.78 Å². The van der Waals surface area contributed by atoms with Gasteiger partial charge in [-0.05, 0) is 46.5 Å². The molecule has 0 aliphatic heterocycles. The van der Waals surface area contributed by atoms with Crippen molar-refractivity contribution in [3.05, 3.63) is 28.2 Å². The maximum atomic E-state index is 12.4. The average molecular weight is 341 g/mol. The Kier molecular flexibility index (Phi) is 5.22. The number of hydrogen-bond acceptors (Lipinski definition) is 3. The predicted molar refractivity (Wildman–Crippen MR) is 82.1 cm³/mol. The summed E-state index contributed by atoms with van der Waals surface area (Å²) in [7, 11) is 1.61. The summed E-state index contributed by atoms with van der Waals surface area (Å²) >= 11 is 3.42. The topological polar surface area (TPSA) is 46.5 Å². The number of ketones is 1. The first-order valence-electron chi connectivity index (χ1n) is 7.13. The summed E-state index contributed by atoms with van der Waals surface area (Å²) in [5, 5.41) is 10.6. The molecule has 1 aromatic rings. The van der Waals surface area contributed by atoms with Crippen LogP contribution in [0, 0.1) is 0 Å². The van der Waals surface area contributed by atoms with Crippen molar-refractivity contribution in [2.24, 2.45) is 0 Å². The number of ether oxygens (including phenoxy) is 1. The standard InChI is InChI=1S/C16H21BrO3/c1-20-14-7-6-12(10-13(14)17)11-15(18)16(19)8-4-2-3-5-9-16/h6-7,10,19H,2-5,8-9,11H2,1H3. The van der Waals surface area contributed by atoms with Crippen LogP contribution in [0.4, 0.5) is 0 Å². The lowest BCUT2D eigenvalue weighted by molar-refractivity contribution is -0.138. The Labute approximate surface area is 128 Å². The van der Waals surface area contributed by atoms with Crippen molar-refractivity contribution in [3.8, 4) is 5.75 Å². The van der Waals surface area contributed by atoms with Crippen molar-refractivity contribution in [2.75, 3.05) is 7.11 Å². The lowest BCUT2D eigenvalue weighted by Gasteiger charge is -2.25. The minimum Gasteiger partial charge on any atom is -0.496 e. The Bertz CT molecular complexity index is 477. The molecular weight excluding hydrogens is 320 g/mol. The Morgan fingerprint density at radius 1 is 1.30 bits per heavy atom. The van der Waals surface area contributed by atoms with Crippen LogP contribution in [-0.2, 0) is 11.2 Å². The third kappa shape index (κ3) is 3.61. The van der Waals surface area contributed by atoms with Crippen LogP contribution in [0.1, 0.15) is 44.1 Å². The van der Waals surface area contributed by atoms with Crippen molar-refractivity contribution >= 4 is 21.7 Å². The molecule has 0 radical (unpaired) electrons. The molecule has 0 atom stereocenters. The molecule has 1 N–H and O–H groups in total. The molecule has 0 saturated heterocycles. The first-order chi connectivity index (χ1) is 9.55. The molecule has 2 rings (SSSR count). The average Bonchev–Trinajstić information content (AvgIpc) is 2.65. The lowest BCUT2D eigenvalue weighted by Crippen LogP contribution is -2.39. The second kappa shape index (κ2) is 6.72. The molecule has 1 aliphatic carbocycles. The number of Topliss-reactive ketones (excluding diaryl/α,β-unsaturated/α-hetero) is 1. The van der Waals surface area contributed by atoms with Gasteiger partial charge in [-0.1, -0.05) is 31.7 Å². The molecule has 0 heterocycles. The Morgan fingerprint density at radius 2 is 1.95 bits per heavy atom. The van der Waals surface area contributed by atoms with Crippen LogP contribution in [0.25, 0.3) is 0 Å². The fraction of sp³-hybridized carbons (Fsp3) is 0.562. The first kappa shape index (κ1) is 15.5. The molecule has 20 heavy (non-hydrogen) atoms. The van der Waals surface area contributed by atoms with Gasteiger partial charge in [-0.2, -0.15) is 0 Å². The molecule has 0 spiro atoms. The summed E-state index contributed by atoms with van der Waals surface area (Å²) in [6, 6.07) is 5.60. The second-order valence-electron chi connectivity index (χ2n) is 5.51. The fourth-order valence-electron chi connectivity index (χ4n) is 2.76. The van der Waals surface area contributed by atoms with E-state index in [9.17, 15) is 9.90 Å². The van der Waals surface area contributed by atoms with Gasteiger partial charge in [-0.15, -0.1) is 0 Å². The number of methoxy groups -OCH3 is 1. The van der Waals surface area contributed by atoms with E-state index in [2.05, 4.69) is 15.9 Å². The molecule has 0 bridgehead atoms. The quantitative estimate of drug-likeness (QED) is 0.851. The van der Waals surface area contributed by atoms with E-state index in [1.807, 2.05) is 18.2 Å². The molecule has 0 aromatic heterocycles. The molecule has 3 nitrogen and oxygen atoms in total. The largest absolute Gasteiger partial charge is 0.496 e. The minimum atomic E-state index is -1.12. The van der Waals surface area contributed by atoms with Gasteiger partial charge in [0.2, 0.25) is 0 Å². The highest BCUT2D eigenvalue weighted by Gasteiger charge is 2.35. The number of carbonyl (C=O) groups is 1. The van der Waals surface area contributed by atoms with Gasteiger partial charge in [0.25, 0.3) is 0 Å². The second-order valence-corrected chi connectivity index (χ2v) is 6.37. The zero-order valence-electron chi connectivity index (χ0n) is 11.8. The maximum absolute atomic E-state index is 12.4. The van der Waals surface area contributed by atoms with Crippen LogP contribution in [0.15, 0.2) is 22.7 Å². The molecule has 0 unspecified atom stereocenters. The van der Waals surface area contributed by atoms with Crippen molar-refractivity contribution in [1.82, 2.24) is 0 Å². The molecule has 110 valence electrons. The summed E-state index contributed by atoms with van der Waals surface area (Å²) in [5.74, 6) is 0.686. The number of halogens is 1. The van der Waals surface area contributed by atoms with Gasteiger partial charge in [-0.3, -0.25) is 4.79 Å². The highest BCUT2D eigenvalue weighted by molar-refractivity contribution is 9.10. The monoisotopic (exact) mass is 340 g/mol. The van der Waals surface area contributed by atoms with Crippen LogP contribution in [0.2, 0.25) is 0 Å². The number of aliphatic hydroxyl groups is 1. The van der Waals surface area contributed by atoms with E-state index in [0.29, 0.717) is 12.8 Å². The van der Waals surface area contributed by atoms with Gasteiger partial charge < -0.3 is 9.84 Å². The highest BCUT2D eigenvalue weighted by atomic mass is 79.9. The summed E-state index contributed by atoms with van der Waals surface area (Å²) in [6.45, 7) is 0. The SMILES string of the molecule is COc1ccc(CC(=O)C2(O)CCCCCC2)cc1Br. The zero-order chi connectivity index (χ0) is 14.6. The highest BCUT2D eigenvalue weighted by Crippen LogP contribution is 2.30. The third-order valence-corrected chi connectivity index (χ3v) is 4.65. The van der Waals surface area contributed by atoms with Crippen molar-refractivity contribution in [3.63, 3.8) is 0 Å². The molecule has 1 aliphatic rings. The van der Waals surface area contributed by atoms with E-state index in [-0.39, 0.29) is 12.2 Å². The molecule has 1 aromatic carbocycles. The summed E-state index contributed by atoms with van der Waals surface area (Å²) < 4.78 is 6.01. The van der Waals surface area contributed by atoms with Crippen LogP contribution < -0.4 is 4.74 Å². The Morgan fingerprint density at radius 3 is 2.50 bits per heavy atom. The Hall–Kier alpha value is -0.870. The lowest BCUT2D eigenvalue weighted by atomic mass is 9.86. The van der Waals surface area contributed by atoms with E-state index in [1.54, 1.807) is 7.11 Å². The van der Waals surface area contributed by atoms with Gasteiger partial charge in [0, 0.05) is 6.42 Å². The van der Waals surface area contributed by atoms with E-state index < -0.39 is 5.60 Å². The maximum Gasteiger partial charge on any atom is 0.168 e. The fourth-order valence-corrected chi connectivity index (χ4v) is 3.35.